The maximum atomic E-state index is 9.49. The van der Waals surface area contributed by atoms with Crippen LogP contribution in [0, 0.1) is 0 Å². The van der Waals surface area contributed by atoms with Crippen LogP contribution in [0.3, 0.4) is 0 Å². The van der Waals surface area contributed by atoms with Crippen molar-refractivity contribution in [2.75, 3.05) is 5.73 Å². The summed E-state index contributed by atoms with van der Waals surface area (Å²) in [6, 6.07) is 8.57. The van der Waals surface area contributed by atoms with Gasteiger partial charge in [-0.25, -0.2) is 0 Å². The minimum atomic E-state index is 0.0256. The fourth-order valence-electron chi connectivity index (χ4n) is 1.80. The lowest BCUT2D eigenvalue weighted by molar-refractivity contribution is 0.477. The van der Waals surface area contributed by atoms with Crippen LogP contribution < -0.4 is 5.73 Å². The molecule has 3 N–H and O–H groups in total. The maximum Gasteiger partial charge on any atom is 0.142 e. The normalized spacial score (nSPS) is 11.3. The molecule has 0 radical (unpaired) electrons. The van der Waals surface area contributed by atoms with E-state index in [1.54, 1.807) is 18.2 Å². The zero-order valence-corrected chi connectivity index (χ0v) is 8.95. The van der Waals surface area contributed by atoms with E-state index in [4.69, 9.17) is 21.8 Å². The van der Waals surface area contributed by atoms with E-state index in [2.05, 4.69) is 0 Å². The van der Waals surface area contributed by atoms with Gasteiger partial charge in [0, 0.05) is 21.9 Å². The van der Waals surface area contributed by atoms with E-state index in [1.807, 2.05) is 6.07 Å². The van der Waals surface area contributed by atoms with E-state index < -0.39 is 0 Å². The quantitative estimate of drug-likeness (QED) is 0.461. The Hall–Kier alpha value is -1.87. The van der Waals surface area contributed by atoms with Crippen molar-refractivity contribution in [1.29, 1.82) is 0 Å². The number of benzene rings is 2. The van der Waals surface area contributed by atoms with Gasteiger partial charge in [-0.05, 0) is 24.3 Å². The van der Waals surface area contributed by atoms with Crippen LogP contribution >= 0.6 is 11.6 Å². The van der Waals surface area contributed by atoms with Crippen molar-refractivity contribution in [2.45, 2.75) is 0 Å². The van der Waals surface area contributed by atoms with Crippen LogP contribution in [0.15, 0.2) is 34.7 Å². The smallest absolute Gasteiger partial charge is 0.142 e. The molecular formula is C12H8ClNO2. The molecule has 0 fully saturated rings. The van der Waals surface area contributed by atoms with E-state index in [9.17, 15) is 5.11 Å². The second kappa shape index (κ2) is 3.06. The first kappa shape index (κ1) is 9.36. The minimum absolute atomic E-state index is 0.0256. The van der Waals surface area contributed by atoms with Gasteiger partial charge in [-0.15, -0.1) is 0 Å². The van der Waals surface area contributed by atoms with Crippen molar-refractivity contribution in [3.63, 3.8) is 0 Å². The Labute approximate surface area is 96.0 Å². The predicted octanol–water partition coefficient (Wildman–Crippen LogP) is 3.53. The predicted molar refractivity (Wildman–Crippen MR) is 64.8 cm³/mol. The van der Waals surface area contributed by atoms with Gasteiger partial charge < -0.3 is 15.3 Å². The van der Waals surface area contributed by atoms with E-state index in [0.717, 1.165) is 16.4 Å². The number of furan rings is 1. The number of fused-ring (bicyclic) bond motifs is 3. The Kier molecular flexibility index (Phi) is 1.79. The molecule has 0 saturated carbocycles. The van der Waals surface area contributed by atoms with Crippen molar-refractivity contribution in [3.05, 3.63) is 35.4 Å². The van der Waals surface area contributed by atoms with Gasteiger partial charge in [0.25, 0.3) is 0 Å². The summed E-state index contributed by atoms with van der Waals surface area (Å²) in [5, 5.41) is 11.9. The number of phenols is 1. The van der Waals surface area contributed by atoms with E-state index >= 15 is 0 Å². The van der Waals surface area contributed by atoms with Crippen LogP contribution in [0.1, 0.15) is 0 Å². The van der Waals surface area contributed by atoms with Gasteiger partial charge >= 0.3 is 0 Å². The molecule has 4 heteroatoms. The van der Waals surface area contributed by atoms with Crippen molar-refractivity contribution in [3.8, 4) is 5.75 Å². The molecule has 1 heterocycles. The van der Waals surface area contributed by atoms with Crippen molar-refractivity contribution < 1.29 is 9.52 Å². The summed E-state index contributed by atoms with van der Waals surface area (Å²) >= 11 is 5.92. The second-order valence-corrected chi connectivity index (χ2v) is 4.09. The highest BCUT2D eigenvalue weighted by Crippen LogP contribution is 2.35. The molecule has 3 aromatic rings. The van der Waals surface area contributed by atoms with Gasteiger partial charge in [0.15, 0.2) is 0 Å². The lowest BCUT2D eigenvalue weighted by atomic mass is 10.1. The van der Waals surface area contributed by atoms with Gasteiger partial charge in [0.05, 0.1) is 5.69 Å². The summed E-state index contributed by atoms with van der Waals surface area (Å²) in [5.74, 6) is 0.0256. The Balaban J connectivity index is 2.53. The number of anilines is 1. The molecular weight excluding hydrogens is 226 g/mol. The molecule has 0 amide bonds. The molecule has 80 valence electrons. The summed E-state index contributed by atoms with van der Waals surface area (Å²) in [6.07, 6.45) is 0. The first-order chi connectivity index (χ1) is 7.65. The summed E-state index contributed by atoms with van der Waals surface area (Å²) in [7, 11) is 0. The highest BCUT2D eigenvalue weighted by molar-refractivity contribution is 6.31. The number of hydrogen-bond acceptors (Lipinski definition) is 3. The molecule has 1 aromatic heterocycles. The summed E-state index contributed by atoms with van der Waals surface area (Å²) in [5.41, 5.74) is 7.31. The molecule has 0 atom stereocenters. The lowest BCUT2D eigenvalue weighted by Gasteiger charge is -1.97. The Morgan fingerprint density at radius 2 is 1.81 bits per heavy atom. The minimum Gasteiger partial charge on any atom is -0.506 e. The Morgan fingerprint density at radius 1 is 1.06 bits per heavy atom. The van der Waals surface area contributed by atoms with Crippen molar-refractivity contribution >= 4 is 39.2 Å². The first-order valence-electron chi connectivity index (χ1n) is 4.75. The lowest BCUT2D eigenvalue weighted by Crippen LogP contribution is -1.84. The van der Waals surface area contributed by atoms with Crippen LogP contribution in [-0.4, -0.2) is 5.11 Å². The standard InChI is InChI=1S/C12H8ClNO2/c13-6-1-2-11-7(3-6)8-4-9(14)10(15)5-12(8)16-11/h1-5,15H,14H2. The third-order valence-corrected chi connectivity index (χ3v) is 2.82. The van der Waals surface area contributed by atoms with Crippen LogP contribution in [0.25, 0.3) is 21.9 Å². The SMILES string of the molecule is Nc1cc2c(cc1O)oc1ccc(Cl)cc12. The number of hydrogen-bond donors (Lipinski definition) is 2. The number of nitrogen functional groups attached to an aromatic ring is 1. The van der Waals surface area contributed by atoms with E-state index in [-0.39, 0.29) is 5.75 Å². The number of halogens is 1. The van der Waals surface area contributed by atoms with Gasteiger partial charge in [-0.2, -0.15) is 0 Å². The molecule has 2 aromatic carbocycles. The van der Waals surface area contributed by atoms with Crippen LogP contribution in [0.4, 0.5) is 5.69 Å². The number of rotatable bonds is 0. The second-order valence-electron chi connectivity index (χ2n) is 3.65. The first-order valence-corrected chi connectivity index (χ1v) is 5.13. The topological polar surface area (TPSA) is 59.4 Å². The fourth-order valence-corrected chi connectivity index (χ4v) is 1.97. The van der Waals surface area contributed by atoms with Crippen molar-refractivity contribution in [1.82, 2.24) is 0 Å². The van der Waals surface area contributed by atoms with E-state index in [0.29, 0.717) is 16.3 Å². The summed E-state index contributed by atoms with van der Waals surface area (Å²) < 4.78 is 5.57. The van der Waals surface area contributed by atoms with Crippen LogP contribution in [0.2, 0.25) is 5.02 Å². The van der Waals surface area contributed by atoms with Crippen LogP contribution in [0.5, 0.6) is 5.75 Å². The zero-order chi connectivity index (χ0) is 11.3. The average Bonchev–Trinajstić information content (AvgIpc) is 2.57. The van der Waals surface area contributed by atoms with Gasteiger partial charge in [-0.3, -0.25) is 0 Å². The largest absolute Gasteiger partial charge is 0.506 e. The molecule has 3 nitrogen and oxygen atoms in total. The van der Waals surface area contributed by atoms with Gasteiger partial charge in [0.1, 0.15) is 16.9 Å². The number of aromatic hydroxyl groups is 1. The highest BCUT2D eigenvalue weighted by Gasteiger charge is 2.09. The van der Waals surface area contributed by atoms with E-state index in [1.165, 1.54) is 6.07 Å². The highest BCUT2D eigenvalue weighted by atomic mass is 35.5. The summed E-state index contributed by atoms with van der Waals surface area (Å²) in [4.78, 5) is 0. The third kappa shape index (κ3) is 1.22. The molecule has 16 heavy (non-hydrogen) atoms. The monoisotopic (exact) mass is 233 g/mol. The molecule has 0 bridgehead atoms. The number of nitrogens with two attached hydrogens (primary N) is 1. The molecule has 0 spiro atoms. The molecule has 0 saturated heterocycles. The molecule has 0 aliphatic heterocycles. The zero-order valence-electron chi connectivity index (χ0n) is 8.20. The Bertz CT molecular complexity index is 703. The van der Waals surface area contributed by atoms with Crippen molar-refractivity contribution in [2.24, 2.45) is 0 Å². The summed E-state index contributed by atoms with van der Waals surface area (Å²) in [6.45, 7) is 0. The molecule has 3 rings (SSSR count). The van der Waals surface area contributed by atoms with Crippen LogP contribution in [-0.2, 0) is 0 Å². The van der Waals surface area contributed by atoms with Gasteiger partial charge in [-0.1, -0.05) is 11.6 Å². The molecule has 0 aliphatic carbocycles. The Morgan fingerprint density at radius 3 is 2.62 bits per heavy atom. The fraction of sp³-hybridized carbons (Fsp3) is 0. The van der Waals surface area contributed by atoms with Gasteiger partial charge in [0.2, 0.25) is 0 Å². The average molecular weight is 234 g/mol. The molecule has 0 unspecified atom stereocenters. The maximum absolute atomic E-state index is 9.49. The number of phenolic OH excluding ortho intramolecular Hbond substituents is 1. The third-order valence-electron chi connectivity index (χ3n) is 2.58. The molecule has 0 aliphatic rings.